The summed E-state index contributed by atoms with van der Waals surface area (Å²) in [6, 6.07) is 0. The Morgan fingerprint density at radius 1 is 1.17 bits per heavy atom. The second-order valence-electron chi connectivity index (χ2n) is 2.42. The Bertz CT molecular complexity index is 200. The second-order valence-corrected chi connectivity index (χ2v) is 2.42. The van der Waals surface area contributed by atoms with Crippen molar-refractivity contribution in [3.8, 4) is 0 Å². The van der Waals surface area contributed by atoms with Crippen LogP contribution in [0.5, 0.6) is 0 Å². The van der Waals surface area contributed by atoms with Gasteiger partial charge in [0.15, 0.2) is 11.5 Å². The largest absolute Gasteiger partial charge is 0.506 e. The fourth-order valence-corrected chi connectivity index (χ4v) is 0.901. The minimum atomic E-state index is -1.69. The van der Waals surface area contributed by atoms with Gasteiger partial charge in [-0.15, -0.1) is 0 Å². The predicted octanol–water partition coefficient (Wildman–Crippen LogP) is -1.62. The molecule has 0 aliphatic carbocycles. The monoisotopic (exact) mass is 178 g/mol. The van der Waals surface area contributed by atoms with Gasteiger partial charge in [0.2, 0.25) is 6.29 Å². The van der Waals surface area contributed by atoms with Gasteiger partial charge >= 0.3 is 0 Å². The van der Waals surface area contributed by atoms with Crippen molar-refractivity contribution in [3.63, 3.8) is 0 Å². The zero-order valence-electron chi connectivity index (χ0n) is 6.08. The van der Waals surface area contributed by atoms with Crippen LogP contribution in [0.4, 0.5) is 0 Å². The maximum absolute atomic E-state index is 9.06. The molecule has 0 radical (unpaired) electrons. The van der Waals surface area contributed by atoms with Crippen molar-refractivity contribution in [2.24, 2.45) is 0 Å². The molecule has 1 aliphatic rings. The summed E-state index contributed by atoms with van der Waals surface area (Å²) in [5.74, 6) is -1.60. The molecule has 5 N–H and O–H groups in total. The molecule has 1 aliphatic heterocycles. The lowest BCUT2D eigenvalue weighted by Gasteiger charge is -2.29. The highest BCUT2D eigenvalue weighted by Crippen LogP contribution is 2.21. The quantitative estimate of drug-likeness (QED) is 0.330. The minimum absolute atomic E-state index is 0.560. The lowest BCUT2D eigenvalue weighted by molar-refractivity contribution is -0.188. The van der Waals surface area contributed by atoms with Gasteiger partial charge in [-0.1, -0.05) is 0 Å². The SMILES string of the molecule is OCC1OC(O)C(O)=C(O)C1O. The lowest BCUT2D eigenvalue weighted by Crippen LogP contribution is -2.43. The van der Waals surface area contributed by atoms with Gasteiger partial charge in [0.05, 0.1) is 6.61 Å². The van der Waals surface area contributed by atoms with E-state index in [9.17, 15) is 0 Å². The van der Waals surface area contributed by atoms with Gasteiger partial charge in [0, 0.05) is 0 Å². The average Bonchev–Trinajstić information content (AvgIpc) is 2.08. The Morgan fingerprint density at radius 2 is 1.75 bits per heavy atom. The summed E-state index contributed by atoms with van der Waals surface area (Å²) in [6.07, 6.45) is -4.31. The lowest BCUT2D eigenvalue weighted by atomic mass is 10.1. The van der Waals surface area contributed by atoms with E-state index in [-0.39, 0.29) is 0 Å². The zero-order valence-corrected chi connectivity index (χ0v) is 6.08. The van der Waals surface area contributed by atoms with Crippen LogP contribution in [0.15, 0.2) is 11.5 Å². The molecular weight excluding hydrogens is 168 g/mol. The summed E-state index contributed by atoms with van der Waals surface area (Å²) in [7, 11) is 0. The van der Waals surface area contributed by atoms with Crippen LogP contribution in [0.25, 0.3) is 0 Å². The number of hydrogen-bond acceptors (Lipinski definition) is 6. The highest BCUT2D eigenvalue weighted by Gasteiger charge is 2.35. The van der Waals surface area contributed by atoms with Gasteiger partial charge in [-0.3, -0.25) is 0 Å². The summed E-state index contributed by atoms with van der Waals surface area (Å²) in [5, 5.41) is 44.3. The Labute approximate surface area is 68.0 Å². The van der Waals surface area contributed by atoms with Gasteiger partial charge in [0.1, 0.15) is 12.2 Å². The molecule has 0 spiro atoms. The molecule has 0 saturated heterocycles. The van der Waals surface area contributed by atoms with E-state index < -0.39 is 36.6 Å². The molecule has 0 fully saturated rings. The van der Waals surface area contributed by atoms with Crippen molar-refractivity contribution in [1.82, 2.24) is 0 Å². The van der Waals surface area contributed by atoms with Crippen LogP contribution in [-0.2, 0) is 4.74 Å². The molecule has 1 heterocycles. The molecule has 0 amide bonds. The Morgan fingerprint density at radius 3 is 2.25 bits per heavy atom. The fourth-order valence-electron chi connectivity index (χ4n) is 0.901. The first kappa shape index (κ1) is 9.27. The number of aliphatic hydroxyl groups excluding tert-OH is 5. The van der Waals surface area contributed by atoms with E-state index in [0.717, 1.165) is 0 Å². The first-order valence-corrected chi connectivity index (χ1v) is 3.32. The standard InChI is InChI=1S/C6H10O6/c7-1-2-3(8)4(9)5(10)6(11)12-2/h2-3,6-11H,1H2. The average molecular weight is 178 g/mol. The summed E-state index contributed by atoms with van der Waals surface area (Å²) in [4.78, 5) is 0. The molecule has 0 saturated carbocycles. The number of hydrogen-bond donors (Lipinski definition) is 5. The van der Waals surface area contributed by atoms with E-state index in [1.165, 1.54) is 0 Å². The van der Waals surface area contributed by atoms with Gasteiger partial charge in [-0.2, -0.15) is 0 Å². The van der Waals surface area contributed by atoms with E-state index in [1.54, 1.807) is 0 Å². The van der Waals surface area contributed by atoms with E-state index in [4.69, 9.17) is 25.5 Å². The van der Waals surface area contributed by atoms with Crippen LogP contribution >= 0.6 is 0 Å². The minimum Gasteiger partial charge on any atom is -0.506 e. The molecule has 12 heavy (non-hydrogen) atoms. The molecular formula is C6H10O6. The van der Waals surface area contributed by atoms with Gasteiger partial charge < -0.3 is 30.3 Å². The van der Waals surface area contributed by atoms with Crippen LogP contribution in [-0.4, -0.2) is 50.6 Å². The molecule has 3 atom stereocenters. The van der Waals surface area contributed by atoms with E-state index in [1.807, 2.05) is 0 Å². The third-order valence-electron chi connectivity index (χ3n) is 1.61. The van der Waals surface area contributed by atoms with Crippen molar-refractivity contribution < 1.29 is 30.3 Å². The molecule has 0 bridgehead atoms. The number of aliphatic hydroxyl groups is 5. The van der Waals surface area contributed by atoms with Crippen LogP contribution in [0.1, 0.15) is 0 Å². The van der Waals surface area contributed by atoms with Gasteiger partial charge in [0.25, 0.3) is 0 Å². The van der Waals surface area contributed by atoms with E-state index in [0.29, 0.717) is 0 Å². The van der Waals surface area contributed by atoms with Crippen molar-refractivity contribution in [3.05, 3.63) is 11.5 Å². The van der Waals surface area contributed by atoms with E-state index >= 15 is 0 Å². The third-order valence-corrected chi connectivity index (χ3v) is 1.61. The number of ether oxygens (including phenoxy) is 1. The van der Waals surface area contributed by atoms with Crippen molar-refractivity contribution in [2.45, 2.75) is 18.5 Å². The van der Waals surface area contributed by atoms with Crippen molar-refractivity contribution in [1.29, 1.82) is 0 Å². The second kappa shape index (κ2) is 3.28. The van der Waals surface area contributed by atoms with Crippen molar-refractivity contribution >= 4 is 0 Å². The fraction of sp³-hybridized carbons (Fsp3) is 0.667. The molecule has 0 aromatic heterocycles. The van der Waals surface area contributed by atoms with Crippen LogP contribution in [0, 0.1) is 0 Å². The van der Waals surface area contributed by atoms with Crippen LogP contribution < -0.4 is 0 Å². The molecule has 3 unspecified atom stereocenters. The molecule has 1 rings (SSSR count). The van der Waals surface area contributed by atoms with Crippen LogP contribution in [0.3, 0.4) is 0 Å². The summed E-state index contributed by atoms with van der Waals surface area (Å²) in [6.45, 7) is -0.560. The van der Waals surface area contributed by atoms with Crippen LogP contribution in [0.2, 0.25) is 0 Å². The highest BCUT2D eigenvalue weighted by molar-refractivity contribution is 5.11. The Hall–Kier alpha value is -0.820. The summed E-state index contributed by atoms with van der Waals surface area (Å²) < 4.78 is 4.52. The zero-order chi connectivity index (χ0) is 9.30. The first-order valence-electron chi connectivity index (χ1n) is 3.32. The van der Waals surface area contributed by atoms with Gasteiger partial charge in [-0.05, 0) is 0 Å². The maximum atomic E-state index is 9.06. The topological polar surface area (TPSA) is 110 Å². The Balaban J connectivity index is 2.85. The highest BCUT2D eigenvalue weighted by atomic mass is 16.6. The Kier molecular flexibility index (Phi) is 2.53. The molecule has 70 valence electrons. The molecule has 6 heteroatoms. The first-order chi connectivity index (χ1) is 5.57. The predicted molar refractivity (Wildman–Crippen MR) is 36.3 cm³/mol. The third kappa shape index (κ3) is 1.37. The summed E-state index contributed by atoms with van der Waals surface area (Å²) >= 11 is 0. The summed E-state index contributed by atoms with van der Waals surface area (Å²) in [5.41, 5.74) is 0. The maximum Gasteiger partial charge on any atom is 0.218 e. The number of rotatable bonds is 1. The van der Waals surface area contributed by atoms with Crippen molar-refractivity contribution in [2.75, 3.05) is 6.61 Å². The normalized spacial score (nSPS) is 37.1. The molecule has 0 aromatic rings. The van der Waals surface area contributed by atoms with Gasteiger partial charge in [-0.25, -0.2) is 0 Å². The smallest absolute Gasteiger partial charge is 0.218 e. The molecule has 6 nitrogen and oxygen atoms in total. The van der Waals surface area contributed by atoms with E-state index in [2.05, 4.69) is 4.74 Å². The molecule has 0 aromatic carbocycles.